The Hall–Kier alpha value is -5.02. The van der Waals surface area contributed by atoms with Gasteiger partial charge in [0.1, 0.15) is 29.0 Å². The number of aromatic nitrogens is 4. The number of rotatable bonds is 20. The molecule has 5 aromatic rings. The lowest BCUT2D eigenvalue weighted by Crippen LogP contribution is -2.59. The molecule has 4 amide bonds. The molecule has 2 aromatic carbocycles. The smallest absolute Gasteiger partial charge is 0.247 e. The zero-order valence-electron chi connectivity index (χ0n) is 39.3. The van der Waals surface area contributed by atoms with E-state index in [1.165, 1.54) is 23.6 Å². The first-order chi connectivity index (χ1) is 32.5. The maximum Gasteiger partial charge on any atom is 0.247 e. The number of carbonyl (C=O) groups is 4. The second kappa shape index (κ2) is 22.6. The number of nitrogens with one attached hydrogen (secondary N) is 3. The van der Waals surface area contributed by atoms with Crippen LogP contribution in [0.3, 0.4) is 0 Å². The van der Waals surface area contributed by atoms with Gasteiger partial charge in [-0.05, 0) is 70.4 Å². The van der Waals surface area contributed by atoms with Crippen molar-refractivity contribution in [3.8, 4) is 15.4 Å². The lowest BCUT2D eigenvalue weighted by Gasteiger charge is -2.37. The van der Waals surface area contributed by atoms with Crippen LogP contribution in [0.15, 0.2) is 59.0 Å². The molecule has 0 bridgehead atoms. The summed E-state index contributed by atoms with van der Waals surface area (Å²) in [7, 11) is 0. The normalized spacial score (nSPS) is 17.2. The van der Waals surface area contributed by atoms with Crippen LogP contribution in [0, 0.1) is 27.7 Å². The Bertz CT molecular complexity index is 2630. The molecule has 68 heavy (non-hydrogen) atoms. The summed E-state index contributed by atoms with van der Waals surface area (Å²) in [6.07, 6.45) is -0.729. The van der Waals surface area contributed by atoms with Gasteiger partial charge in [-0.15, -0.1) is 32.9 Å². The third-order valence-corrected chi connectivity index (χ3v) is 15.7. The quantitative estimate of drug-likeness (QED) is 0.0660. The van der Waals surface area contributed by atoms with E-state index in [0.29, 0.717) is 36.4 Å². The maximum absolute atomic E-state index is 14.1. The first kappa shape index (κ1) is 50.8. The highest BCUT2D eigenvalue weighted by Gasteiger charge is 2.46. The van der Waals surface area contributed by atoms with E-state index < -0.39 is 34.9 Å². The first-order valence-electron chi connectivity index (χ1n) is 22.5. The summed E-state index contributed by atoms with van der Waals surface area (Å²) < 4.78 is 12.8. The molecule has 4 atom stereocenters. The van der Waals surface area contributed by atoms with Gasteiger partial charge in [-0.1, -0.05) is 48.0 Å². The summed E-state index contributed by atoms with van der Waals surface area (Å²) in [5.74, 6) is 0.426. The minimum atomic E-state index is -0.976. The number of fused-ring (bicyclic) bond motifs is 3. The number of aryl methyl sites for hydroxylation is 3. The molecule has 2 aliphatic rings. The van der Waals surface area contributed by atoms with E-state index in [0.717, 1.165) is 59.8 Å². The summed E-state index contributed by atoms with van der Waals surface area (Å²) in [5.41, 5.74) is 8.49. The van der Waals surface area contributed by atoms with Gasteiger partial charge in [0.2, 0.25) is 23.6 Å². The third-order valence-electron chi connectivity index (χ3n) is 12.0. The Balaban J connectivity index is 0.842. The number of carbonyl (C=O) groups excluding carboxylic acids is 4. The highest BCUT2D eigenvalue weighted by Crippen LogP contribution is 2.40. The van der Waals surface area contributed by atoms with Crippen LogP contribution in [-0.4, -0.2) is 127 Å². The van der Waals surface area contributed by atoms with Gasteiger partial charge in [-0.3, -0.25) is 28.7 Å². The average molecular weight is 1000 g/mol. The number of hydrogen-bond acceptors (Lipinski definition) is 14. The van der Waals surface area contributed by atoms with Gasteiger partial charge in [0.25, 0.3) is 0 Å². The maximum atomic E-state index is 14.1. The number of likely N-dealkylation sites (tertiary alicyclic amines) is 1. The Labute approximate surface area is 413 Å². The number of nitrogens with zero attached hydrogens (tertiary/aromatic N) is 6. The zero-order valence-corrected chi connectivity index (χ0v) is 42.5. The van der Waals surface area contributed by atoms with Crippen molar-refractivity contribution in [2.24, 2.45) is 4.99 Å². The van der Waals surface area contributed by atoms with Crippen molar-refractivity contribution in [2.45, 2.75) is 96.8 Å². The van der Waals surface area contributed by atoms with Crippen molar-refractivity contribution in [1.29, 1.82) is 0 Å². The fourth-order valence-corrected chi connectivity index (χ4v) is 11.5. The Morgan fingerprint density at radius 3 is 2.35 bits per heavy atom. The molecule has 0 radical (unpaired) electrons. The molecule has 4 N–H and O–H groups in total. The molecule has 362 valence electrons. The van der Waals surface area contributed by atoms with Crippen LogP contribution in [-0.2, 0) is 35.2 Å². The largest absolute Gasteiger partial charge is 0.391 e. The van der Waals surface area contributed by atoms with Crippen molar-refractivity contribution < 1.29 is 33.8 Å². The second-order valence-corrected chi connectivity index (χ2v) is 21.6. The van der Waals surface area contributed by atoms with Crippen LogP contribution in [0.4, 0.5) is 0 Å². The minimum absolute atomic E-state index is 0.0236. The molecule has 5 heterocycles. The van der Waals surface area contributed by atoms with Crippen molar-refractivity contribution in [2.75, 3.05) is 45.3 Å². The molecule has 3 aromatic heterocycles. The monoisotopic (exact) mass is 1000 g/mol. The van der Waals surface area contributed by atoms with Crippen molar-refractivity contribution in [1.82, 2.24) is 40.6 Å². The minimum Gasteiger partial charge on any atom is -0.391 e. The number of benzene rings is 2. The fraction of sp³-hybridized carbons (Fsp3) is 0.458. The number of thiophene rings is 1. The fourth-order valence-electron chi connectivity index (χ4n) is 8.28. The first-order valence-corrected chi connectivity index (χ1v) is 25.5. The summed E-state index contributed by atoms with van der Waals surface area (Å²) in [5, 5.41) is 29.8. The molecule has 4 unspecified atom stereocenters. The van der Waals surface area contributed by atoms with Crippen LogP contribution in [0.1, 0.15) is 84.1 Å². The predicted molar refractivity (Wildman–Crippen MR) is 267 cm³/mol. The number of halogens is 1. The number of aliphatic hydroxyl groups excluding tert-OH is 1. The second-order valence-electron chi connectivity index (χ2n) is 17.3. The molecule has 20 heteroatoms. The molecule has 1 fully saturated rings. The number of hydrogen-bond donors (Lipinski definition) is 4. The number of thiazole rings is 1. The molecule has 16 nitrogen and oxygen atoms in total. The Morgan fingerprint density at radius 2 is 1.66 bits per heavy atom. The van der Waals surface area contributed by atoms with Gasteiger partial charge >= 0.3 is 0 Å². The van der Waals surface area contributed by atoms with Gasteiger partial charge in [-0.25, -0.2) is 4.98 Å². The molecule has 1 saturated heterocycles. The number of ether oxygens (including phenoxy) is 2. The summed E-state index contributed by atoms with van der Waals surface area (Å²) in [4.78, 5) is 66.5. The van der Waals surface area contributed by atoms with E-state index in [-0.39, 0.29) is 56.8 Å². The summed E-state index contributed by atoms with van der Waals surface area (Å²) in [6.45, 7) is 14.9. The summed E-state index contributed by atoms with van der Waals surface area (Å²) in [6, 6.07) is 13.0. The SMILES string of the molecule is CC(=O)NC(C(=O)N1CC(O)CC1C(=O)NCc1ccc(-c2scnc2C)cc1)C(C)(C)SCCOCCOCCNC(=O)CC1N=C(c2ccc(Cl)cc2)c2c(sc(C)c2C)-n2c(C)nnc21. The van der Waals surface area contributed by atoms with Crippen LogP contribution >= 0.6 is 46.0 Å². The number of β-amino-alcohol motifs (C(OH)–C–C–N with tert-alkyl or cyclic N) is 1. The van der Waals surface area contributed by atoms with Gasteiger partial charge < -0.3 is 35.4 Å². The molecular weight excluding hydrogens is 946 g/mol. The Kier molecular flexibility index (Phi) is 16.9. The van der Waals surface area contributed by atoms with Gasteiger partial charge in [0.15, 0.2) is 5.82 Å². The van der Waals surface area contributed by atoms with Crippen LogP contribution in [0.25, 0.3) is 15.4 Å². The number of amides is 4. The van der Waals surface area contributed by atoms with Crippen LogP contribution < -0.4 is 16.0 Å². The van der Waals surface area contributed by atoms with Crippen molar-refractivity contribution in [3.63, 3.8) is 0 Å². The summed E-state index contributed by atoms with van der Waals surface area (Å²) >= 11 is 10.9. The highest BCUT2D eigenvalue weighted by atomic mass is 35.5. The Morgan fingerprint density at radius 1 is 0.956 bits per heavy atom. The highest BCUT2D eigenvalue weighted by molar-refractivity contribution is 8.00. The predicted octanol–water partition coefficient (Wildman–Crippen LogP) is 6.07. The van der Waals surface area contributed by atoms with E-state index in [2.05, 4.69) is 45.0 Å². The molecule has 0 spiro atoms. The van der Waals surface area contributed by atoms with Crippen molar-refractivity contribution in [3.05, 3.63) is 104 Å². The van der Waals surface area contributed by atoms with Crippen LogP contribution in [0.2, 0.25) is 5.02 Å². The lowest BCUT2D eigenvalue weighted by molar-refractivity contribution is -0.142. The van der Waals surface area contributed by atoms with Gasteiger partial charge in [0.05, 0.1) is 60.7 Å². The van der Waals surface area contributed by atoms with E-state index in [1.54, 1.807) is 22.7 Å². The number of thioether (sulfide) groups is 1. The molecule has 0 aliphatic carbocycles. The van der Waals surface area contributed by atoms with Crippen LogP contribution in [0.5, 0.6) is 0 Å². The van der Waals surface area contributed by atoms with E-state index in [9.17, 15) is 24.3 Å². The number of aliphatic imine (C=N–C) groups is 1. The standard InChI is InChI=1S/C48H58ClN9O7S3/c1-27-29(3)68-47-40(27)41(33-12-14-35(49)15-13-33)54-37(44-56-55-30(4)58(44)47)23-39(61)50-16-17-64-18-19-65-20-21-67-48(6,7)43(53-31(5)59)46(63)57-25-36(60)22-38(57)45(62)51-24-32-8-10-34(11-9-32)42-28(2)52-26-66-42/h8-15,26,36-38,43,60H,16-25H2,1-7H3,(H,50,61)(H,51,62)(H,53,59). The third kappa shape index (κ3) is 12.0. The lowest BCUT2D eigenvalue weighted by atomic mass is 9.99. The van der Waals surface area contributed by atoms with Crippen molar-refractivity contribution >= 4 is 75.4 Å². The molecule has 0 saturated carbocycles. The molecular formula is C48H58ClN9O7S3. The topological polar surface area (TPSA) is 202 Å². The van der Waals surface area contributed by atoms with E-state index in [1.807, 2.05) is 86.3 Å². The number of aliphatic hydroxyl groups is 1. The van der Waals surface area contributed by atoms with Gasteiger partial charge in [-0.2, -0.15) is 11.8 Å². The zero-order chi connectivity index (χ0) is 48.7. The van der Waals surface area contributed by atoms with E-state index >= 15 is 0 Å². The van der Waals surface area contributed by atoms with E-state index in [4.69, 9.17) is 26.1 Å². The molecule has 7 rings (SSSR count). The van der Waals surface area contributed by atoms with Gasteiger partial charge in [0, 0.05) is 64.5 Å². The average Bonchev–Trinajstić information content (AvgIpc) is 4.07. The molecule has 2 aliphatic heterocycles.